The van der Waals surface area contributed by atoms with Crippen LogP contribution in [0.2, 0.25) is 0 Å². The second-order valence-corrected chi connectivity index (χ2v) is 25.7. The van der Waals surface area contributed by atoms with Gasteiger partial charge < -0.3 is 89.9 Å². The van der Waals surface area contributed by atoms with E-state index in [0.29, 0.717) is 6.42 Å². The Morgan fingerprint density at radius 3 is 1.12 bits per heavy atom. The van der Waals surface area contributed by atoms with Crippen molar-refractivity contribution in [1.29, 1.82) is 0 Å². The summed E-state index contributed by atoms with van der Waals surface area (Å²) >= 11 is 0. The maximum atomic E-state index is 13.4. The Morgan fingerprint density at radius 1 is 0.385 bits per heavy atom. The van der Waals surface area contributed by atoms with Crippen LogP contribution in [-0.2, 0) is 33.2 Å². The number of nitrogens with one attached hydrogen (secondary N) is 1. The zero-order chi connectivity index (χ0) is 69.6. The molecule has 3 heterocycles. The smallest absolute Gasteiger partial charge is 0.220 e. The van der Waals surface area contributed by atoms with Gasteiger partial charge in [-0.05, 0) is 89.9 Å². The molecule has 1 amide bonds. The van der Waals surface area contributed by atoms with Crippen LogP contribution < -0.4 is 5.32 Å². The Morgan fingerprint density at radius 2 is 0.719 bits per heavy atom. The third-order valence-electron chi connectivity index (χ3n) is 17.5. The molecule has 96 heavy (non-hydrogen) atoms. The number of rotatable bonds is 55. The number of hydrogen-bond donors (Lipinski definition) is 12. The van der Waals surface area contributed by atoms with Gasteiger partial charge in [-0.3, -0.25) is 4.79 Å². The summed E-state index contributed by atoms with van der Waals surface area (Å²) in [5.74, 6) is -0.299. The summed E-state index contributed by atoms with van der Waals surface area (Å²) in [6, 6.07) is -0.994. The second kappa shape index (κ2) is 56.9. The maximum absolute atomic E-state index is 13.4. The van der Waals surface area contributed by atoms with E-state index < -0.39 is 124 Å². The average molecular weight is 1360 g/mol. The molecule has 0 aromatic carbocycles. The minimum Gasteiger partial charge on any atom is -0.394 e. The number of carbonyl (C=O) groups excluding carboxylic acids is 1. The van der Waals surface area contributed by atoms with Gasteiger partial charge in [0.05, 0.1) is 38.6 Å². The van der Waals surface area contributed by atoms with Crippen LogP contribution in [0.3, 0.4) is 0 Å². The summed E-state index contributed by atoms with van der Waals surface area (Å²) in [5, 5.41) is 121. The van der Waals surface area contributed by atoms with Gasteiger partial charge in [-0.2, -0.15) is 0 Å². The molecule has 3 aliphatic rings. The lowest BCUT2D eigenvalue weighted by molar-refractivity contribution is -0.379. The van der Waals surface area contributed by atoms with Crippen molar-refractivity contribution in [3.05, 3.63) is 122 Å². The van der Waals surface area contributed by atoms with Gasteiger partial charge in [0.2, 0.25) is 5.91 Å². The van der Waals surface area contributed by atoms with E-state index in [1.165, 1.54) is 83.5 Å². The first kappa shape index (κ1) is 86.4. The Bertz CT molecular complexity index is 2210. The summed E-state index contributed by atoms with van der Waals surface area (Å²) in [4.78, 5) is 13.4. The lowest BCUT2D eigenvalue weighted by Crippen LogP contribution is -2.66. The summed E-state index contributed by atoms with van der Waals surface area (Å²) in [7, 11) is 0. The van der Waals surface area contributed by atoms with Crippen molar-refractivity contribution in [3.8, 4) is 0 Å². The van der Waals surface area contributed by atoms with E-state index in [0.717, 1.165) is 116 Å². The van der Waals surface area contributed by atoms with Crippen molar-refractivity contribution in [1.82, 2.24) is 5.32 Å². The predicted molar refractivity (Wildman–Crippen MR) is 378 cm³/mol. The first-order chi connectivity index (χ1) is 46.8. The molecule has 17 atom stereocenters. The molecule has 0 spiro atoms. The molecule has 0 bridgehead atoms. The summed E-state index contributed by atoms with van der Waals surface area (Å²) in [6.45, 7) is 1.60. The normalized spacial score (nSPS) is 27.8. The van der Waals surface area contributed by atoms with Gasteiger partial charge in [0, 0.05) is 6.42 Å². The van der Waals surface area contributed by atoms with E-state index in [4.69, 9.17) is 28.4 Å². The topological polar surface area (TPSA) is 307 Å². The molecule has 3 fully saturated rings. The molecule has 0 aromatic heterocycles. The van der Waals surface area contributed by atoms with Gasteiger partial charge in [0.25, 0.3) is 0 Å². The van der Waals surface area contributed by atoms with E-state index >= 15 is 0 Å². The fraction of sp³-hybridized carbons (Fsp3) is 0.727. The monoisotopic (exact) mass is 1360 g/mol. The number of ether oxygens (including phenoxy) is 6. The molecular formula is C77H129NO18. The van der Waals surface area contributed by atoms with Crippen molar-refractivity contribution < 1.29 is 89.4 Å². The van der Waals surface area contributed by atoms with Gasteiger partial charge >= 0.3 is 0 Å². The molecular weight excluding hydrogens is 1230 g/mol. The van der Waals surface area contributed by atoms with E-state index in [9.17, 15) is 61.0 Å². The largest absolute Gasteiger partial charge is 0.394 e. The molecule has 3 rings (SSSR count). The Balaban J connectivity index is 1.41. The predicted octanol–water partition coefficient (Wildman–Crippen LogP) is 10.8. The van der Waals surface area contributed by atoms with Crippen LogP contribution in [0.4, 0.5) is 0 Å². The Labute approximate surface area is 576 Å². The number of aliphatic hydroxyl groups is 11. The molecule has 17 unspecified atom stereocenters. The molecule has 19 nitrogen and oxygen atoms in total. The molecule has 3 aliphatic heterocycles. The van der Waals surface area contributed by atoms with E-state index in [-0.39, 0.29) is 18.9 Å². The second-order valence-electron chi connectivity index (χ2n) is 25.7. The van der Waals surface area contributed by atoms with E-state index in [2.05, 4.69) is 129 Å². The lowest BCUT2D eigenvalue weighted by Gasteiger charge is -2.48. The lowest BCUT2D eigenvalue weighted by atomic mass is 9.96. The van der Waals surface area contributed by atoms with Crippen molar-refractivity contribution >= 4 is 5.91 Å². The van der Waals surface area contributed by atoms with Crippen LogP contribution in [0.1, 0.15) is 226 Å². The summed E-state index contributed by atoms with van der Waals surface area (Å²) < 4.78 is 34.4. The third kappa shape index (κ3) is 37.6. The van der Waals surface area contributed by atoms with Crippen LogP contribution in [0.5, 0.6) is 0 Å². The minimum absolute atomic E-state index is 0.213. The van der Waals surface area contributed by atoms with Crippen molar-refractivity contribution in [3.63, 3.8) is 0 Å². The van der Waals surface area contributed by atoms with Crippen molar-refractivity contribution in [2.45, 2.75) is 330 Å². The van der Waals surface area contributed by atoms with E-state index in [1.807, 2.05) is 6.08 Å². The average Bonchev–Trinajstić information content (AvgIpc) is 0.787. The molecule has 550 valence electrons. The first-order valence-corrected chi connectivity index (χ1v) is 36.8. The zero-order valence-corrected chi connectivity index (χ0v) is 58.3. The Kier molecular flexibility index (Phi) is 51.2. The number of amides is 1. The molecule has 19 heteroatoms. The van der Waals surface area contributed by atoms with Gasteiger partial charge in [-0.15, -0.1) is 0 Å². The van der Waals surface area contributed by atoms with Crippen molar-refractivity contribution in [2.24, 2.45) is 0 Å². The van der Waals surface area contributed by atoms with Crippen LogP contribution in [0.25, 0.3) is 0 Å². The highest BCUT2D eigenvalue weighted by Crippen LogP contribution is 2.33. The number of allylic oxidation sites excluding steroid dienone is 19. The number of unbranched alkanes of at least 4 members (excludes halogenated alkanes) is 21. The van der Waals surface area contributed by atoms with Crippen LogP contribution >= 0.6 is 0 Å². The third-order valence-corrected chi connectivity index (χ3v) is 17.5. The molecule has 0 aliphatic carbocycles. The SMILES string of the molecule is CC/C=C\C/C=C\C/C=C\C/C=C\C/C=C\C/C=C\C/C=C\C/C=C\C/C=C\CCCCCCCC(=O)NC(COC1OC(CO)C(OC2OC(CO)C(OC3OC(CO)C(O)C(O)C3O)C(O)C2O)C(O)C1O)C(O)/C=C/CCCCCCCCCCCCCCCCCC. The highest BCUT2D eigenvalue weighted by molar-refractivity contribution is 5.76. The fourth-order valence-corrected chi connectivity index (χ4v) is 11.6. The van der Waals surface area contributed by atoms with Crippen LogP contribution in [0.15, 0.2) is 122 Å². The number of carbonyl (C=O) groups is 1. The van der Waals surface area contributed by atoms with Gasteiger partial charge in [0.1, 0.15) is 73.2 Å². The summed E-state index contributed by atoms with van der Waals surface area (Å²) in [5.41, 5.74) is 0. The molecule has 12 N–H and O–H groups in total. The highest BCUT2D eigenvalue weighted by atomic mass is 16.8. The van der Waals surface area contributed by atoms with Gasteiger partial charge in [0.15, 0.2) is 18.9 Å². The zero-order valence-electron chi connectivity index (χ0n) is 58.3. The highest BCUT2D eigenvalue weighted by Gasteiger charge is 2.53. The van der Waals surface area contributed by atoms with Crippen LogP contribution in [0, 0.1) is 0 Å². The molecule has 0 radical (unpaired) electrons. The van der Waals surface area contributed by atoms with Gasteiger partial charge in [-0.25, -0.2) is 0 Å². The standard InChI is InChI=1S/C77H129NO18/c1-3-5-7-9-11-13-15-17-19-21-23-24-25-26-27-28-29-30-31-32-33-34-35-36-37-39-41-43-45-47-49-51-53-55-65(83)78-60(61(82)54-52-50-48-46-44-42-40-38-22-20-18-16-14-12-10-8-6-4-2)59-91-75-71(89)68(86)73(63(57-80)93-75)96-77-72(90)69(87)74(64(58-81)94-77)95-76-70(88)67(85)66(84)62(56-79)92-76/h5,7,11,13,17,19,23-24,26-27,29-30,32-33,35-36,39,41,52,54,60-64,66-77,79-82,84-90H,3-4,6,8-10,12,14-16,18,20-22,25,28,31,34,37-38,40,42-51,53,55-59H2,1-2H3,(H,78,83)/b7-5-,13-11-,19-17-,24-23-,27-26-,30-29-,33-32-,36-35-,41-39-,54-52+. The molecule has 3 saturated heterocycles. The van der Waals surface area contributed by atoms with Crippen LogP contribution in [-0.4, -0.2) is 193 Å². The molecule has 0 aromatic rings. The van der Waals surface area contributed by atoms with Gasteiger partial charge in [-0.1, -0.05) is 251 Å². The minimum atomic E-state index is -1.99. The number of hydrogen-bond acceptors (Lipinski definition) is 18. The Hall–Kier alpha value is -3.81. The summed E-state index contributed by atoms with van der Waals surface area (Å²) in [6.07, 6.45) is 51.6. The maximum Gasteiger partial charge on any atom is 0.220 e. The number of aliphatic hydroxyl groups excluding tert-OH is 11. The van der Waals surface area contributed by atoms with Crippen molar-refractivity contribution in [2.75, 3.05) is 26.4 Å². The first-order valence-electron chi connectivity index (χ1n) is 36.8. The van der Waals surface area contributed by atoms with E-state index in [1.54, 1.807) is 6.08 Å². The fourth-order valence-electron chi connectivity index (χ4n) is 11.6. The quantitative estimate of drug-likeness (QED) is 0.0199. The molecule has 0 saturated carbocycles.